The second-order valence-electron chi connectivity index (χ2n) is 5.44. The Kier molecular flexibility index (Phi) is 4.84. The Morgan fingerprint density at radius 3 is 1.92 bits per heavy atom. The van der Waals surface area contributed by atoms with Gasteiger partial charge in [-0.05, 0) is 35.4 Å². The minimum absolute atomic E-state index is 0.210. The topological polar surface area (TPSA) is 87.5 Å². The molecule has 25 heavy (non-hydrogen) atoms. The maximum absolute atomic E-state index is 9.00. The van der Waals surface area contributed by atoms with E-state index >= 15 is 0 Å². The molecule has 0 saturated carbocycles. The van der Waals surface area contributed by atoms with Gasteiger partial charge in [-0.15, -0.1) is 0 Å². The average Bonchev–Trinajstić information content (AvgIpc) is 3.11. The molecule has 0 N–H and O–H groups in total. The van der Waals surface area contributed by atoms with Crippen LogP contribution in [0, 0.1) is 22.7 Å². The minimum atomic E-state index is -0.210. The predicted octanol–water partition coefficient (Wildman–Crippen LogP) is 2.81. The lowest BCUT2D eigenvalue weighted by atomic mass is 9.97. The van der Waals surface area contributed by atoms with E-state index in [1.165, 1.54) is 0 Å². The van der Waals surface area contributed by atoms with Crippen LogP contribution in [-0.2, 0) is 11.3 Å². The predicted molar refractivity (Wildman–Crippen MR) is 90.3 cm³/mol. The number of hydrogen-bond acceptors (Lipinski definition) is 5. The Hall–Kier alpha value is -3.48. The van der Waals surface area contributed by atoms with Crippen LogP contribution in [0.25, 0.3) is 0 Å². The summed E-state index contributed by atoms with van der Waals surface area (Å²) in [5.41, 5.74) is 3.14. The summed E-state index contributed by atoms with van der Waals surface area (Å²) in [4.78, 5) is 4.27. The molecule has 0 radical (unpaired) electrons. The fraction of sp³-hybridized carbons (Fsp3) is 0.158. The van der Waals surface area contributed by atoms with Crippen LogP contribution in [0.3, 0.4) is 0 Å². The highest BCUT2D eigenvalue weighted by Crippen LogP contribution is 2.26. The SMILES string of the molecule is COCc1ncn(C(c2ccc(C#N)cc2)c2ccc(C#N)cc2)n1. The van der Waals surface area contributed by atoms with Gasteiger partial charge in [-0.1, -0.05) is 24.3 Å². The van der Waals surface area contributed by atoms with Crippen LogP contribution >= 0.6 is 0 Å². The number of nitriles is 2. The summed E-state index contributed by atoms with van der Waals surface area (Å²) in [7, 11) is 1.60. The molecular weight excluding hydrogens is 314 g/mol. The average molecular weight is 329 g/mol. The fourth-order valence-electron chi connectivity index (χ4n) is 2.61. The third-order valence-electron chi connectivity index (χ3n) is 3.80. The summed E-state index contributed by atoms with van der Waals surface area (Å²) >= 11 is 0. The molecule has 0 saturated heterocycles. The van der Waals surface area contributed by atoms with Gasteiger partial charge in [0.05, 0.1) is 23.3 Å². The maximum Gasteiger partial charge on any atom is 0.176 e. The number of ether oxygens (including phenoxy) is 1. The van der Waals surface area contributed by atoms with Crippen LogP contribution in [0.1, 0.15) is 34.1 Å². The molecule has 0 aliphatic rings. The van der Waals surface area contributed by atoms with Crippen LogP contribution in [0.5, 0.6) is 0 Å². The van der Waals surface area contributed by atoms with E-state index in [9.17, 15) is 0 Å². The molecule has 0 unspecified atom stereocenters. The third kappa shape index (κ3) is 3.55. The lowest BCUT2D eigenvalue weighted by Gasteiger charge is -2.18. The number of hydrogen-bond donors (Lipinski definition) is 0. The van der Waals surface area contributed by atoms with Crippen molar-refractivity contribution in [1.82, 2.24) is 14.8 Å². The zero-order chi connectivity index (χ0) is 17.6. The van der Waals surface area contributed by atoms with Gasteiger partial charge in [0.15, 0.2) is 5.82 Å². The van der Waals surface area contributed by atoms with Gasteiger partial charge in [0, 0.05) is 7.11 Å². The molecule has 2 aromatic carbocycles. The summed E-state index contributed by atoms with van der Waals surface area (Å²) in [6, 6.07) is 18.7. The molecule has 0 fully saturated rings. The van der Waals surface area contributed by atoms with E-state index in [4.69, 9.17) is 15.3 Å². The standard InChI is InChI=1S/C19H15N5O/c1-25-12-18-22-13-24(23-18)19(16-6-2-14(10-20)3-7-16)17-8-4-15(11-21)5-9-17/h2-9,13,19H,12H2,1H3. The van der Waals surface area contributed by atoms with Gasteiger partial charge in [0.25, 0.3) is 0 Å². The van der Waals surface area contributed by atoms with Crippen molar-refractivity contribution in [3.63, 3.8) is 0 Å². The first-order valence-corrected chi connectivity index (χ1v) is 7.64. The van der Waals surface area contributed by atoms with Gasteiger partial charge in [0.1, 0.15) is 19.0 Å². The highest BCUT2D eigenvalue weighted by Gasteiger charge is 2.18. The monoisotopic (exact) mass is 329 g/mol. The molecular formula is C19H15N5O. The summed E-state index contributed by atoms with van der Waals surface area (Å²) in [5.74, 6) is 0.592. The van der Waals surface area contributed by atoms with Crippen LogP contribution < -0.4 is 0 Å². The largest absolute Gasteiger partial charge is 0.377 e. The zero-order valence-corrected chi connectivity index (χ0v) is 13.6. The van der Waals surface area contributed by atoms with Crippen LogP contribution in [-0.4, -0.2) is 21.9 Å². The summed E-state index contributed by atoms with van der Waals surface area (Å²) in [5, 5.41) is 22.5. The van der Waals surface area contributed by atoms with Crippen molar-refractivity contribution < 1.29 is 4.74 Å². The minimum Gasteiger partial charge on any atom is -0.377 e. The molecule has 1 heterocycles. The van der Waals surface area contributed by atoms with Crippen molar-refractivity contribution in [2.45, 2.75) is 12.6 Å². The number of methoxy groups -OCH3 is 1. The molecule has 6 nitrogen and oxygen atoms in total. The number of benzene rings is 2. The third-order valence-corrected chi connectivity index (χ3v) is 3.80. The van der Waals surface area contributed by atoms with E-state index in [2.05, 4.69) is 22.2 Å². The normalized spacial score (nSPS) is 10.4. The molecule has 0 bridgehead atoms. The Labute approximate surface area is 145 Å². The lowest BCUT2D eigenvalue weighted by Crippen LogP contribution is -2.13. The molecule has 0 amide bonds. The molecule has 3 aromatic rings. The summed E-state index contributed by atoms with van der Waals surface area (Å²) < 4.78 is 6.84. The highest BCUT2D eigenvalue weighted by atomic mass is 16.5. The van der Waals surface area contributed by atoms with Gasteiger partial charge in [-0.2, -0.15) is 15.6 Å². The highest BCUT2D eigenvalue weighted by molar-refractivity contribution is 5.40. The van der Waals surface area contributed by atoms with Gasteiger partial charge < -0.3 is 4.74 Å². The molecule has 6 heteroatoms. The summed E-state index contributed by atoms with van der Waals surface area (Å²) in [6.07, 6.45) is 1.66. The first-order chi connectivity index (χ1) is 12.2. The summed E-state index contributed by atoms with van der Waals surface area (Å²) in [6.45, 7) is 0.334. The first kappa shape index (κ1) is 16.4. The quantitative estimate of drug-likeness (QED) is 0.718. The molecule has 0 spiro atoms. The Balaban J connectivity index is 2.05. The second kappa shape index (κ2) is 7.39. The van der Waals surface area contributed by atoms with E-state index in [1.54, 1.807) is 42.4 Å². The number of rotatable bonds is 5. The lowest BCUT2D eigenvalue weighted by molar-refractivity contribution is 0.177. The van der Waals surface area contributed by atoms with E-state index in [0.29, 0.717) is 23.6 Å². The van der Waals surface area contributed by atoms with Crippen LogP contribution in [0.4, 0.5) is 0 Å². The van der Waals surface area contributed by atoms with E-state index in [0.717, 1.165) is 11.1 Å². The second-order valence-corrected chi connectivity index (χ2v) is 5.44. The van der Waals surface area contributed by atoms with Gasteiger partial charge in [0.2, 0.25) is 0 Å². The van der Waals surface area contributed by atoms with Crippen molar-refractivity contribution in [1.29, 1.82) is 10.5 Å². The van der Waals surface area contributed by atoms with E-state index in [-0.39, 0.29) is 6.04 Å². The van der Waals surface area contributed by atoms with Crippen molar-refractivity contribution in [3.8, 4) is 12.1 Å². The maximum atomic E-state index is 9.00. The van der Waals surface area contributed by atoms with E-state index < -0.39 is 0 Å². The molecule has 3 rings (SSSR count). The fourth-order valence-corrected chi connectivity index (χ4v) is 2.61. The first-order valence-electron chi connectivity index (χ1n) is 7.64. The van der Waals surface area contributed by atoms with Crippen molar-refractivity contribution in [2.75, 3.05) is 7.11 Å². The van der Waals surface area contributed by atoms with Crippen molar-refractivity contribution in [2.24, 2.45) is 0 Å². The number of aromatic nitrogens is 3. The van der Waals surface area contributed by atoms with Gasteiger partial charge >= 0.3 is 0 Å². The molecule has 0 atom stereocenters. The van der Waals surface area contributed by atoms with Crippen molar-refractivity contribution in [3.05, 3.63) is 82.9 Å². The smallest absolute Gasteiger partial charge is 0.176 e. The Bertz CT molecular complexity index is 872. The van der Waals surface area contributed by atoms with Crippen LogP contribution in [0.15, 0.2) is 54.9 Å². The van der Waals surface area contributed by atoms with Gasteiger partial charge in [-0.3, -0.25) is 0 Å². The molecule has 0 aliphatic carbocycles. The molecule has 0 aliphatic heterocycles. The van der Waals surface area contributed by atoms with Crippen molar-refractivity contribution >= 4 is 0 Å². The number of nitrogens with zero attached hydrogens (tertiary/aromatic N) is 5. The van der Waals surface area contributed by atoms with Crippen LogP contribution in [0.2, 0.25) is 0 Å². The van der Waals surface area contributed by atoms with E-state index in [1.807, 2.05) is 24.3 Å². The van der Waals surface area contributed by atoms with Gasteiger partial charge in [-0.25, -0.2) is 9.67 Å². The zero-order valence-electron chi connectivity index (χ0n) is 13.6. The molecule has 122 valence electrons. The Morgan fingerprint density at radius 2 is 1.48 bits per heavy atom. The molecule has 1 aromatic heterocycles. The Morgan fingerprint density at radius 1 is 0.960 bits per heavy atom.